The van der Waals surface area contributed by atoms with Crippen LogP contribution in [0.15, 0.2) is 0 Å². The minimum Gasteiger partial charge on any atom is -0.480 e. The molecule has 1 unspecified atom stereocenters. The third-order valence-corrected chi connectivity index (χ3v) is 3.26. The summed E-state index contributed by atoms with van der Waals surface area (Å²) in [5, 5.41) is 9.00. The number of nitrogens with zero attached hydrogens (tertiary/aromatic N) is 1. The van der Waals surface area contributed by atoms with E-state index >= 15 is 0 Å². The monoisotopic (exact) mass is 295 g/mol. The van der Waals surface area contributed by atoms with E-state index in [1.807, 2.05) is 0 Å². The van der Waals surface area contributed by atoms with Crippen molar-refractivity contribution < 1.29 is 31.9 Å². The molecule has 1 aliphatic heterocycles. The van der Waals surface area contributed by atoms with Crippen LogP contribution < -0.4 is 4.90 Å². The van der Waals surface area contributed by atoms with Crippen LogP contribution >= 0.6 is 0 Å². The highest BCUT2D eigenvalue weighted by Gasteiger charge is 2.36. The van der Waals surface area contributed by atoms with Gasteiger partial charge in [-0.05, 0) is 19.3 Å². The zero-order valence-corrected chi connectivity index (χ0v) is 10.1. The number of hydrogen-bond donors (Lipinski definition) is 1. The van der Waals surface area contributed by atoms with Crippen LogP contribution in [0.25, 0.3) is 0 Å². The first kappa shape index (κ1) is 14.5. The van der Waals surface area contributed by atoms with Crippen molar-refractivity contribution in [3.63, 3.8) is 0 Å². The van der Waals surface area contributed by atoms with Gasteiger partial charge in [-0.3, -0.25) is 0 Å². The molecule has 8 heteroatoms. The van der Waals surface area contributed by atoms with Gasteiger partial charge in [-0.1, -0.05) is 0 Å². The first-order valence-electron chi connectivity index (χ1n) is 5.87. The summed E-state index contributed by atoms with van der Waals surface area (Å²) in [5.41, 5.74) is -1.17. The van der Waals surface area contributed by atoms with Gasteiger partial charge in [0.15, 0.2) is 23.3 Å². The maximum absolute atomic E-state index is 13.7. The van der Waals surface area contributed by atoms with Crippen LogP contribution in [0.5, 0.6) is 0 Å². The maximum Gasteiger partial charge on any atom is 0.326 e. The van der Waals surface area contributed by atoms with Gasteiger partial charge >= 0.3 is 5.97 Å². The summed E-state index contributed by atoms with van der Waals surface area (Å²) in [5.74, 6) is -11.8. The molecule has 0 spiro atoms. The predicted molar refractivity (Wildman–Crippen MR) is 58.9 cm³/mol. The fraction of sp³-hybridized carbons (Fsp3) is 0.417. The maximum atomic E-state index is 13.7. The predicted octanol–water partition coefficient (Wildman–Crippen LogP) is 2.83. The number of rotatable bonds is 2. The topological polar surface area (TPSA) is 40.5 Å². The molecule has 1 fully saturated rings. The fourth-order valence-corrected chi connectivity index (χ4v) is 2.30. The molecule has 2 rings (SSSR count). The summed E-state index contributed by atoms with van der Waals surface area (Å²) in [6, 6.07) is -1.31. The molecule has 110 valence electrons. The smallest absolute Gasteiger partial charge is 0.326 e. The minimum absolute atomic E-state index is 0.0782. The third-order valence-electron chi connectivity index (χ3n) is 3.26. The second-order valence-electron chi connectivity index (χ2n) is 4.46. The Kier molecular flexibility index (Phi) is 3.82. The number of carboxylic acids is 1. The van der Waals surface area contributed by atoms with Crippen LogP contribution in [0.3, 0.4) is 0 Å². The van der Waals surface area contributed by atoms with Crippen LogP contribution in [0.2, 0.25) is 0 Å². The summed E-state index contributed by atoms with van der Waals surface area (Å²) >= 11 is 0. The quantitative estimate of drug-likeness (QED) is 0.518. The van der Waals surface area contributed by atoms with E-state index < -0.39 is 46.8 Å². The molecule has 0 bridgehead atoms. The van der Waals surface area contributed by atoms with Crippen molar-refractivity contribution in [3.8, 4) is 0 Å². The Labute approximate surface area is 110 Å². The van der Waals surface area contributed by atoms with E-state index in [2.05, 4.69) is 0 Å². The molecular formula is C12H10F5NO2. The summed E-state index contributed by atoms with van der Waals surface area (Å²) in [4.78, 5) is 11.8. The van der Waals surface area contributed by atoms with E-state index in [0.29, 0.717) is 12.8 Å². The first-order valence-corrected chi connectivity index (χ1v) is 5.87. The number of aliphatic carboxylic acids is 1. The van der Waals surface area contributed by atoms with Gasteiger partial charge in [-0.25, -0.2) is 26.7 Å². The molecule has 1 aromatic rings. The number of carboxylic acid groups (broad SMARTS) is 1. The lowest BCUT2D eigenvalue weighted by atomic mass is 10.0. The second-order valence-corrected chi connectivity index (χ2v) is 4.46. The summed E-state index contributed by atoms with van der Waals surface area (Å²) in [6.07, 6.45) is 0.987. The molecule has 0 radical (unpaired) electrons. The van der Waals surface area contributed by atoms with E-state index in [1.165, 1.54) is 0 Å². The van der Waals surface area contributed by atoms with Crippen molar-refractivity contribution in [3.05, 3.63) is 29.1 Å². The molecule has 0 aliphatic carbocycles. The number of halogens is 5. The van der Waals surface area contributed by atoms with E-state index in [-0.39, 0.29) is 13.0 Å². The van der Waals surface area contributed by atoms with Gasteiger partial charge in [-0.15, -0.1) is 0 Å². The normalized spacial score (nSPS) is 19.2. The van der Waals surface area contributed by atoms with Crippen molar-refractivity contribution in [2.24, 2.45) is 0 Å². The largest absolute Gasteiger partial charge is 0.480 e. The number of anilines is 1. The highest BCUT2D eigenvalue weighted by molar-refractivity contribution is 5.78. The second kappa shape index (κ2) is 5.26. The molecular weight excluding hydrogens is 285 g/mol. The van der Waals surface area contributed by atoms with E-state index in [4.69, 9.17) is 5.11 Å². The number of piperidine rings is 1. The Hall–Kier alpha value is -1.86. The Bertz CT molecular complexity index is 534. The van der Waals surface area contributed by atoms with Gasteiger partial charge in [0.2, 0.25) is 5.82 Å². The molecule has 0 saturated carbocycles. The Morgan fingerprint density at radius 2 is 1.45 bits per heavy atom. The van der Waals surface area contributed by atoms with Crippen molar-refractivity contribution >= 4 is 11.7 Å². The van der Waals surface area contributed by atoms with Gasteiger partial charge in [-0.2, -0.15) is 0 Å². The van der Waals surface area contributed by atoms with Crippen molar-refractivity contribution in [2.75, 3.05) is 11.4 Å². The Morgan fingerprint density at radius 3 is 1.95 bits per heavy atom. The zero-order valence-electron chi connectivity index (χ0n) is 10.1. The average molecular weight is 295 g/mol. The van der Waals surface area contributed by atoms with Gasteiger partial charge in [0.05, 0.1) is 0 Å². The summed E-state index contributed by atoms with van der Waals surface area (Å²) in [6.45, 7) is -0.0880. The molecule has 1 aliphatic rings. The van der Waals surface area contributed by atoms with Gasteiger partial charge in [0.25, 0.3) is 0 Å². The van der Waals surface area contributed by atoms with Gasteiger partial charge in [0.1, 0.15) is 11.7 Å². The Balaban J connectivity index is 2.59. The number of carbonyl (C=O) groups is 1. The van der Waals surface area contributed by atoms with E-state index in [0.717, 1.165) is 4.90 Å². The van der Waals surface area contributed by atoms with Crippen molar-refractivity contribution in [1.82, 2.24) is 0 Å². The lowest BCUT2D eigenvalue weighted by Crippen LogP contribution is -2.46. The molecule has 1 atom stereocenters. The van der Waals surface area contributed by atoms with Crippen LogP contribution in [0.1, 0.15) is 19.3 Å². The minimum atomic E-state index is -2.26. The molecule has 1 heterocycles. The fourth-order valence-electron chi connectivity index (χ4n) is 2.30. The third kappa shape index (κ3) is 2.19. The summed E-state index contributed by atoms with van der Waals surface area (Å²) in [7, 11) is 0. The van der Waals surface area contributed by atoms with Crippen molar-refractivity contribution in [1.29, 1.82) is 0 Å². The van der Waals surface area contributed by atoms with E-state index in [9.17, 15) is 26.7 Å². The molecule has 1 N–H and O–H groups in total. The zero-order chi connectivity index (χ0) is 15.0. The molecule has 0 amide bonds. The first-order chi connectivity index (χ1) is 9.36. The number of benzene rings is 1. The Morgan fingerprint density at radius 1 is 0.950 bits per heavy atom. The van der Waals surface area contributed by atoms with Crippen LogP contribution in [0, 0.1) is 29.1 Å². The highest BCUT2D eigenvalue weighted by atomic mass is 19.2. The lowest BCUT2D eigenvalue weighted by Gasteiger charge is -2.35. The molecule has 1 saturated heterocycles. The molecule has 3 nitrogen and oxygen atoms in total. The number of hydrogen-bond acceptors (Lipinski definition) is 2. The SMILES string of the molecule is O=C(O)C1CCCCN1c1c(F)c(F)c(F)c(F)c1F. The lowest BCUT2D eigenvalue weighted by molar-refractivity contribution is -0.139. The molecule has 1 aromatic carbocycles. The van der Waals surface area contributed by atoms with Gasteiger partial charge < -0.3 is 10.0 Å². The van der Waals surface area contributed by atoms with Crippen molar-refractivity contribution in [2.45, 2.75) is 25.3 Å². The highest BCUT2D eigenvalue weighted by Crippen LogP contribution is 2.34. The van der Waals surface area contributed by atoms with E-state index in [1.54, 1.807) is 0 Å². The average Bonchev–Trinajstić information content (AvgIpc) is 2.43. The van der Waals surface area contributed by atoms with Crippen LogP contribution in [0.4, 0.5) is 27.6 Å². The van der Waals surface area contributed by atoms with Crippen LogP contribution in [-0.2, 0) is 4.79 Å². The molecule has 20 heavy (non-hydrogen) atoms. The molecule has 0 aromatic heterocycles. The standard InChI is InChI=1S/C12H10F5NO2/c13-6-7(14)9(16)11(10(17)8(6)15)18-4-2-1-3-5(18)12(19)20/h5H,1-4H2,(H,19,20). The van der Waals surface area contributed by atoms with Gasteiger partial charge in [0, 0.05) is 6.54 Å². The van der Waals surface area contributed by atoms with Crippen LogP contribution in [-0.4, -0.2) is 23.7 Å². The summed E-state index contributed by atoms with van der Waals surface area (Å²) < 4.78 is 66.6.